The van der Waals surface area contributed by atoms with Gasteiger partial charge in [-0.15, -0.1) is 0 Å². The number of nitrogens with two attached hydrogens (primary N) is 1. The number of anilines is 2. The maximum absolute atomic E-state index is 13.5. The zero-order valence-electron chi connectivity index (χ0n) is 10.2. The summed E-state index contributed by atoms with van der Waals surface area (Å²) in [6.45, 7) is 1.57. The van der Waals surface area contributed by atoms with E-state index in [0.29, 0.717) is 11.3 Å². The molecule has 2 aromatic rings. The van der Waals surface area contributed by atoms with E-state index in [2.05, 4.69) is 27.9 Å². The first kappa shape index (κ1) is 13.8. The fourth-order valence-electron chi connectivity index (χ4n) is 1.57. The van der Waals surface area contributed by atoms with Gasteiger partial charge >= 0.3 is 0 Å². The van der Waals surface area contributed by atoms with Gasteiger partial charge in [-0.2, -0.15) is 0 Å². The minimum atomic E-state index is -0.479. The molecule has 0 atom stereocenters. The van der Waals surface area contributed by atoms with Crippen LogP contribution >= 0.6 is 22.6 Å². The van der Waals surface area contributed by atoms with Gasteiger partial charge in [0.1, 0.15) is 5.82 Å². The van der Waals surface area contributed by atoms with Gasteiger partial charge < -0.3 is 11.1 Å². The summed E-state index contributed by atoms with van der Waals surface area (Å²) in [5.41, 5.74) is 7.14. The van der Waals surface area contributed by atoms with Crippen molar-refractivity contribution in [2.75, 3.05) is 11.1 Å². The Kier molecular flexibility index (Phi) is 4.04. The molecule has 2 aromatic carbocycles. The highest BCUT2D eigenvalue weighted by Crippen LogP contribution is 2.19. The van der Waals surface area contributed by atoms with Crippen LogP contribution < -0.4 is 11.1 Å². The SMILES string of the molecule is Cc1c(N)cc(C(=O)Nc2ccc(I)cc2)cc1F. The first-order chi connectivity index (χ1) is 8.97. The summed E-state index contributed by atoms with van der Waals surface area (Å²) in [5, 5.41) is 2.69. The van der Waals surface area contributed by atoms with Gasteiger partial charge in [0.25, 0.3) is 5.91 Å². The molecule has 0 heterocycles. The monoisotopic (exact) mass is 370 g/mol. The highest BCUT2D eigenvalue weighted by atomic mass is 127. The molecule has 0 fully saturated rings. The van der Waals surface area contributed by atoms with Crippen molar-refractivity contribution in [3.63, 3.8) is 0 Å². The van der Waals surface area contributed by atoms with E-state index in [1.165, 1.54) is 12.1 Å². The molecule has 1 amide bonds. The van der Waals surface area contributed by atoms with Gasteiger partial charge in [-0.3, -0.25) is 4.79 Å². The second-order valence-electron chi connectivity index (χ2n) is 4.13. The van der Waals surface area contributed by atoms with Crippen molar-refractivity contribution < 1.29 is 9.18 Å². The molecule has 0 aromatic heterocycles. The average molecular weight is 370 g/mol. The van der Waals surface area contributed by atoms with Gasteiger partial charge in [0.05, 0.1) is 0 Å². The van der Waals surface area contributed by atoms with E-state index in [9.17, 15) is 9.18 Å². The summed E-state index contributed by atoms with van der Waals surface area (Å²) in [6.07, 6.45) is 0. The lowest BCUT2D eigenvalue weighted by Crippen LogP contribution is -2.13. The van der Waals surface area contributed by atoms with Crippen LogP contribution in [-0.2, 0) is 0 Å². The maximum Gasteiger partial charge on any atom is 0.255 e. The normalized spacial score (nSPS) is 10.3. The quantitative estimate of drug-likeness (QED) is 0.627. The Morgan fingerprint density at radius 2 is 1.89 bits per heavy atom. The number of nitrogen functional groups attached to an aromatic ring is 1. The summed E-state index contributed by atoms with van der Waals surface area (Å²) in [4.78, 5) is 12.0. The van der Waals surface area contributed by atoms with Crippen LogP contribution in [0.15, 0.2) is 36.4 Å². The van der Waals surface area contributed by atoms with E-state index in [-0.39, 0.29) is 17.2 Å². The Morgan fingerprint density at radius 1 is 1.26 bits per heavy atom. The predicted octanol–water partition coefficient (Wildman–Crippen LogP) is 3.57. The summed E-state index contributed by atoms with van der Waals surface area (Å²) >= 11 is 2.18. The van der Waals surface area contributed by atoms with Crippen molar-refractivity contribution in [3.8, 4) is 0 Å². The van der Waals surface area contributed by atoms with Gasteiger partial charge in [0.15, 0.2) is 0 Å². The number of carbonyl (C=O) groups is 1. The Hall–Kier alpha value is -1.63. The molecule has 0 saturated carbocycles. The van der Waals surface area contributed by atoms with E-state index >= 15 is 0 Å². The smallest absolute Gasteiger partial charge is 0.255 e. The molecule has 19 heavy (non-hydrogen) atoms. The molecular weight excluding hydrogens is 358 g/mol. The van der Waals surface area contributed by atoms with Crippen molar-refractivity contribution >= 4 is 39.9 Å². The molecule has 0 radical (unpaired) electrons. The Labute approximate surface area is 124 Å². The van der Waals surface area contributed by atoms with Gasteiger partial charge in [0, 0.05) is 26.1 Å². The number of nitrogens with one attached hydrogen (secondary N) is 1. The van der Waals surface area contributed by atoms with E-state index in [0.717, 1.165) is 3.57 Å². The summed E-state index contributed by atoms with van der Waals surface area (Å²) in [7, 11) is 0. The van der Waals surface area contributed by atoms with Crippen molar-refractivity contribution in [3.05, 3.63) is 56.9 Å². The topological polar surface area (TPSA) is 55.1 Å². The Bertz CT molecular complexity index is 603. The molecule has 0 aliphatic heterocycles. The van der Waals surface area contributed by atoms with Crippen LogP contribution in [0.3, 0.4) is 0 Å². The van der Waals surface area contributed by atoms with Crippen molar-refractivity contribution in [2.45, 2.75) is 6.92 Å². The van der Waals surface area contributed by atoms with Crippen LogP contribution in [0.5, 0.6) is 0 Å². The lowest BCUT2D eigenvalue weighted by atomic mass is 10.1. The summed E-state index contributed by atoms with van der Waals surface area (Å²) in [5.74, 6) is -0.862. The minimum Gasteiger partial charge on any atom is -0.398 e. The molecule has 0 spiro atoms. The van der Waals surface area contributed by atoms with Crippen molar-refractivity contribution in [1.82, 2.24) is 0 Å². The molecule has 0 bridgehead atoms. The van der Waals surface area contributed by atoms with E-state index < -0.39 is 5.82 Å². The van der Waals surface area contributed by atoms with E-state index in [4.69, 9.17) is 5.73 Å². The first-order valence-corrected chi connectivity index (χ1v) is 6.68. The number of rotatable bonds is 2. The van der Waals surface area contributed by atoms with Gasteiger partial charge in [-0.1, -0.05) is 0 Å². The zero-order valence-corrected chi connectivity index (χ0v) is 12.4. The molecule has 2 rings (SSSR count). The molecule has 0 aliphatic carbocycles. The molecule has 5 heteroatoms. The van der Waals surface area contributed by atoms with Gasteiger partial charge in [-0.05, 0) is 65.9 Å². The van der Waals surface area contributed by atoms with Crippen molar-refractivity contribution in [2.24, 2.45) is 0 Å². The Balaban J connectivity index is 2.23. The predicted molar refractivity (Wildman–Crippen MR) is 82.7 cm³/mol. The number of amides is 1. The minimum absolute atomic E-state index is 0.208. The zero-order chi connectivity index (χ0) is 14.0. The highest BCUT2D eigenvalue weighted by molar-refractivity contribution is 14.1. The molecule has 3 nitrogen and oxygen atoms in total. The highest BCUT2D eigenvalue weighted by Gasteiger charge is 2.11. The summed E-state index contributed by atoms with van der Waals surface area (Å²) < 4.78 is 14.6. The fourth-order valence-corrected chi connectivity index (χ4v) is 1.93. The molecule has 0 unspecified atom stereocenters. The number of benzene rings is 2. The van der Waals surface area contributed by atoms with Gasteiger partial charge in [0.2, 0.25) is 0 Å². The standard InChI is InChI=1S/C14H12FIN2O/c1-8-12(15)6-9(7-13(8)17)14(19)18-11-4-2-10(16)3-5-11/h2-7H,17H2,1H3,(H,18,19). The van der Waals surface area contributed by atoms with Crippen LogP contribution in [0, 0.1) is 16.3 Å². The second kappa shape index (κ2) is 5.56. The number of carbonyl (C=O) groups excluding carboxylic acids is 1. The lowest BCUT2D eigenvalue weighted by Gasteiger charge is -2.08. The van der Waals surface area contributed by atoms with Crippen LogP contribution in [0.2, 0.25) is 0 Å². The molecule has 0 aliphatic rings. The van der Waals surface area contributed by atoms with E-state index in [1.807, 2.05) is 12.1 Å². The largest absolute Gasteiger partial charge is 0.398 e. The molecular formula is C14H12FIN2O. The first-order valence-electron chi connectivity index (χ1n) is 5.60. The molecule has 3 N–H and O–H groups in total. The van der Waals surface area contributed by atoms with Crippen LogP contribution in [-0.4, -0.2) is 5.91 Å². The molecule has 98 valence electrons. The molecule has 0 saturated heterocycles. The van der Waals surface area contributed by atoms with E-state index in [1.54, 1.807) is 19.1 Å². The fraction of sp³-hybridized carbons (Fsp3) is 0.0714. The second-order valence-corrected chi connectivity index (χ2v) is 5.38. The summed E-state index contributed by atoms with van der Waals surface area (Å²) in [6, 6.07) is 9.98. The van der Waals surface area contributed by atoms with Crippen LogP contribution in [0.25, 0.3) is 0 Å². The number of hydrogen-bond acceptors (Lipinski definition) is 2. The van der Waals surface area contributed by atoms with Crippen LogP contribution in [0.1, 0.15) is 15.9 Å². The maximum atomic E-state index is 13.5. The number of hydrogen-bond donors (Lipinski definition) is 2. The third-order valence-electron chi connectivity index (χ3n) is 2.75. The Morgan fingerprint density at radius 3 is 2.47 bits per heavy atom. The van der Waals surface area contributed by atoms with Crippen molar-refractivity contribution in [1.29, 1.82) is 0 Å². The average Bonchev–Trinajstić information content (AvgIpc) is 2.38. The third kappa shape index (κ3) is 3.23. The van der Waals surface area contributed by atoms with Crippen LogP contribution in [0.4, 0.5) is 15.8 Å². The van der Waals surface area contributed by atoms with Gasteiger partial charge in [-0.25, -0.2) is 4.39 Å². The number of halogens is 2. The third-order valence-corrected chi connectivity index (χ3v) is 3.47. The lowest BCUT2D eigenvalue weighted by molar-refractivity contribution is 0.102.